The summed E-state index contributed by atoms with van der Waals surface area (Å²) in [7, 11) is -3.23. The molecular weight excluding hydrogens is 312 g/mol. The standard InChI is InChI=1S/C17H16N2O3S/c1-11-3-8-16-14(9-11)15(10-18-20)17(19-16)12-4-6-13(7-5-12)23(2,21)22/h3-10,19-20H,1-2H3. The molecule has 1 aromatic heterocycles. The molecule has 0 fully saturated rings. The Balaban J connectivity index is 2.21. The Morgan fingerprint density at radius 1 is 1.13 bits per heavy atom. The summed E-state index contributed by atoms with van der Waals surface area (Å²) in [5.41, 5.74) is 4.39. The lowest BCUT2D eigenvalue weighted by atomic mass is 10.1. The number of hydrogen-bond acceptors (Lipinski definition) is 4. The van der Waals surface area contributed by atoms with E-state index in [-0.39, 0.29) is 4.90 Å². The van der Waals surface area contributed by atoms with Crippen LogP contribution in [0.3, 0.4) is 0 Å². The molecule has 2 N–H and O–H groups in total. The third-order valence-electron chi connectivity index (χ3n) is 3.75. The number of nitrogens with zero attached hydrogens (tertiary/aromatic N) is 1. The van der Waals surface area contributed by atoms with Crippen molar-refractivity contribution in [3.63, 3.8) is 0 Å². The Morgan fingerprint density at radius 3 is 2.43 bits per heavy atom. The maximum absolute atomic E-state index is 11.6. The van der Waals surface area contributed by atoms with Crippen molar-refractivity contribution in [2.24, 2.45) is 5.16 Å². The van der Waals surface area contributed by atoms with Crippen LogP contribution in [0.2, 0.25) is 0 Å². The van der Waals surface area contributed by atoms with Crippen LogP contribution in [0.1, 0.15) is 11.1 Å². The van der Waals surface area contributed by atoms with Crippen LogP contribution in [-0.2, 0) is 9.84 Å². The quantitative estimate of drug-likeness (QED) is 0.439. The molecule has 0 spiro atoms. The average molecular weight is 328 g/mol. The third kappa shape index (κ3) is 2.85. The summed E-state index contributed by atoms with van der Waals surface area (Å²) in [4.78, 5) is 3.57. The molecule has 0 aliphatic heterocycles. The highest BCUT2D eigenvalue weighted by molar-refractivity contribution is 7.90. The molecule has 0 amide bonds. The first kappa shape index (κ1) is 15.3. The van der Waals surface area contributed by atoms with Crippen LogP contribution in [0.4, 0.5) is 0 Å². The van der Waals surface area contributed by atoms with Gasteiger partial charge < -0.3 is 10.2 Å². The summed E-state index contributed by atoms with van der Waals surface area (Å²) in [5, 5.41) is 13.1. The molecule has 0 bridgehead atoms. The SMILES string of the molecule is Cc1ccc2[nH]c(-c3ccc(S(C)(=O)=O)cc3)c(C=NO)c2c1. The highest BCUT2D eigenvalue weighted by Gasteiger charge is 2.13. The number of hydrogen-bond donors (Lipinski definition) is 2. The number of fused-ring (bicyclic) bond motifs is 1. The second kappa shape index (κ2) is 5.55. The smallest absolute Gasteiger partial charge is 0.175 e. The lowest BCUT2D eigenvalue weighted by molar-refractivity contribution is 0.322. The minimum absolute atomic E-state index is 0.269. The summed E-state index contributed by atoms with van der Waals surface area (Å²) in [6, 6.07) is 12.6. The number of oxime groups is 1. The zero-order valence-corrected chi connectivity index (χ0v) is 13.6. The van der Waals surface area contributed by atoms with Crippen molar-refractivity contribution < 1.29 is 13.6 Å². The van der Waals surface area contributed by atoms with Crippen LogP contribution >= 0.6 is 0 Å². The molecule has 2 aromatic carbocycles. The van der Waals surface area contributed by atoms with Gasteiger partial charge in [-0.3, -0.25) is 0 Å². The van der Waals surface area contributed by atoms with Gasteiger partial charge in [-0.15, -0.1) is 0 Å². The number of H-pyrrole nitrogens is 1. The van der Waals surface area contributed by atoms with Crippen molar-refractivity contribution in [1.29, 1.82) is 0 Å². The fourth-order valence-electron chi connectivity index (χ4n) is 2.61. The maximum atomic E-state index is 11.6. The van der Waals surface area contributed by atoms with E-state index in [1.807, 2.05) is 25.1 Å². The molecular formula is C17H16N2O3S. The summed E-state index contributed by atoms with van der Waals surface area (Å²) < 4.78 is 23.1. The molecule has 6 heteroatoms. The van der Waals surface area contributed by atoms with E-state index >= 15 is 0 Å². The van der Waals surface area contributed by atoms with Gasteiger partial charge in [0.25, 0.3) is 0 Å². The fraction of sp³-hybridized carbons (Fsp3) is 0.118. The van der Waals surface area contributed by atoms with Gasteiger partial charge in [0.15, 0.2) is 9.84 Å². The Kier molecular flexibility index (Phi) is 3.69. The van der Waals surface area contributed by atoms with E-state index in [1.165, 1.54) is 12.5 Å². The van der Waals surface area contributed by atoms with Crippen molar-refractivity contribution in [3.05, 3.63) is 53.6 Å². The van der Waals surface area contributed by atoms with E-state index in [4.69, 9.17) is 5.21 Å². The lowest BCUT2D eigenvalue weighted by Gasteiger charge is -2.03. The van der Waals surface area contributed by atoms with Crippen molar-refractivity contribution in [1.82, 2.24) is 4.98 Å². The predicted molar refractivity (Wildman–Crippen MR) is 91.0 cm³/mol. The van der Waals surface area contributed by atoms with Gasteiger partial charge in [0.1, 0.15) is 0 Å². The van der Waals surface area contributed by atoms with E-state index in [1.54, 1.807) is 24.3 Å². The Bertz CT molecular complexity index is 1000. The van der Waals surface area contributed by atoms with Crippen LogP contribution < -0.4 is 0 Å². The molecule has 1 heterocycles. The van der Waals surface area contributed by atoms with Gasteiger partial charge in [-0.2, -0.15) is 0 Å². The highest BCUT2D eigenvalue weighted by Crippen LogP contribution is 2.30. The molecule has 0 atom stereocenters. The van der Waals surface area contributed by atoms with E-state index in [9.17, 15) is 8.42 Å². The number of sulfone groups is 1. The summed E-state index contributed by atoms with van der Waals surface area (Å²) in [6.45, 7) is 1.99. The molecule has 0 aliphatic rings. The Hall–Kier alpha value is -2.60. The molecule has 0 saturated carbocycles. The number of benzene rings is 2. The normalized spacial score (nSPS) is 12.3. The number of rotatable bonds is 3. The van der Waals surface area contributed by atoms with Gasteiger partial charge in [-0.25, -0.2) is 8.42 Å². The van der Waals surface area contributed by atoms with Gasteiger partial charge in [0.2, 0.25) is 0 Å². The number of aromatic nitrogens is 1. The summed E-state index contributed by atoms with van der Waals surface area (Å²) >= 11 is 0. The minimum atomic E-state index is -3.23. The van der Waals surface area contributed by atoms with Crippen molar-refractivity contribution in [2.45, 2.75) is 11.8 Å². The fourth-order valence-corrected chi connectivity index (χ4v) is 3.25. The molecule has 0 unspecified atom stereocenters. The second-order valence-corrected chi connectivity index (χ2v) is 7.52. The first-order valence-electron chi connectivity index (χ1n) is 7.00. The molecule has 0 saturated heterocycles. The number of aromatic amines is 1. The largest absolute Gasteiger partial charge is 0.411 e. The van der Waals surface area contributed by atoms with Gasteiger partial charge >= 0.3 is 0 Å². The van der Waals surface area contributed by atoms with Gasteiger partial charge in [-0.05, 0) is 36.8 Å². The monoisotopic (exact) mass is 328 g/mol. The zero-order chi connectivity index (χ0) is 16.6. The van der Waals surface area contributed by atoms with Crippen LogP contribution in [-0.4, -0.2) is 31.1 Å². The van der Waals surface area contributed by atoms with Crippen molar-refractivity contribution in [3.8, 4) is 11.3 Å². The molecule has 3 aromatic rings. The van der Waals surface area contributed by atoms with E-state index in [0.29, 0.717) is 0 Å². The number of nitrogens with one attached hydrogen (secondary N) is 1. The summed E-state index contributed by atoms with van der Waals surface area (Å²) in [5.74, 6) is 0. The lowest BCUT2D eigenvalue weighted by Crippen LogP contribution is -1.96. The third-order valence-corrected chi connectivity index (χ3v) is 4.88. The van der Waals surface area contributed by atoms with Gasteiger partial charge in [-0.1, -0.05) is 28.9 Å². The molecule has 0 aliphatic carbocycles. The number of aryl methyl sites for hydroxylation is 1. The van der Waals surface area contributed by atoms with E-state index < -0.39 is 9.84 Å². The predicted octanol–water partition coefficient (Wildman–Crippen LogP) is 3.35. The van der Waals surface area contributed by atoms with Crippen LogP contribution in [0.25, 0.3) is 22.2 Å². The van der Waals surface area contributed by atoms with Crippen molar-refractivity contribution in [2.75, 3.05) is 6.26 Å². The topological polar surface area (TPSA) is 82.5 Å². The Labute approximate surface area is 134 Å². The van der Waals surface area contributed by atoms with Gasteiger partial charge in [0.05, 0.1) is 16.8 Å². The molecule has 3 rings (SSSR count). The van der Waals surface area contributed by atoms with Crippen LogP contribution in [0.5, 0.6) is 0 Å². The molecule has 0 radical (unpaired) electrons. The first-order valence-corrected chi connectivity index (χ1v) is 8.89. The van der Waals surface area contributed by atoms with Crippen LogP contribution in [0.15, 0.2) is 52.5 Å². The Morgan fingerprint density at radius 2 is 1.83 bits per heavy atom. The molecule has 23 heavy (non-hydrogen) atoms. The average Bonchev–Trinajstić information content (AvgIpc) is 2.85. The van der Waals surface area contributed by atoms with Crippen LogP contribution in [0, 0.1) is 6.92 Å². The zero-order valence-electron chi connectivity index (χ0n) is 12.7. The van der Waals surface area contributed by atoms with Gasteiger partial charge in [0, 0.05) is 22.7 Å². The second-order valence-electron chi connectivity index (χ2n) is 5.50. The van der Waals surface area contributed by atoms with Crippen molar-refractivity contribution >= 4 is 27.0 Å². The summed E-state index contributed by atoms with van der Waals surface area (Å²) in [6.07, 6.45) is 2.57. The highest BCUT2D eigenvalue weighted by atomic mass is 32.2. The van der Waals surface area contributed by atoms with E-state index in [2.05, 4.69) is 10.1 Å². The molecule has 118 valence electrons. The van der Waals surface area contributed by atoms with E-state index in [0.717, 1.165) is 33.3 Å². The first-order chi connectivity index (χ1) is 10.9. The maximum Gasteiger partial charge on any atom is 0.175 e. The minimum Gasteiger partial charge on any atom is -0.411 e. The molecule has 5 nitrogen and oxygen atoms in total.